The van der Waals surface area contributed by atoms with E-state index in [0.717, 1.165) is 62.3 Å². The van der Waals surface area contributed by atoms with Gasteiger partial charge in [-0.15, -0.1) is 0 Å². The molecular formula is C52H62ClN8O9S-. The van der Waals surface area contributed by atoms with Crippen molar-refractivity contribution in [3.63, 3.8) is 0 Å². The van der Waals surface area contributed by atoms with Crippen LogP contribution in [0.25, 0.3) is 16.6 Å². The minimum Gasteiger partial charge on any atom is -0.733 e. The van der Waals surface area contributed by atoms with Gasteiger partial charge in [0.2, 0.25) is 5.88 Å². The van der Waals surface area contributed by atoms with Crippen LogP contribution in [0.5, 0.6) is 5.88 Å². The molecule has 378 valence electrons. The van der Waals surface area contributed by atoms with Crippen molar-refractivity contribution in [2.75, 3.05) is 93.1 Å². The Hall–Kier alpha value is -5.44. The minimum absolute atomic E-state index is 0.0167. The van der Waals surface area contributed by atoms with Gasteiger partial charge in [0.1, 0.15) is 11.3 Å². The topological polar surface area (TPSA) is 197 Å². The highest BCUT2D eigenvalue weighted by atomic mass is 35.5. The van der Waals surface area contributed by atoms with Crippen LogP contribution in [0, 0.1) is 16.5 Å². The van der Waals surface area contributed by atoms with Gasteiger partial charge in [-0.25, -0.2) is 13.1 Å². The van der Waals surface area contributed by atoms with Gasteiger partial charge in [0.25, 0.3) is 15.9 Å². The summed E-state index contributed by atoms with van der Waals surface area (Å²) < 4.78 is 55.1. The van der Waals surface area contributed by atoms with Crippen molar-refractivity contribution in [3.05, 3.63) is 106 Å². The maximum Gasteiger partial charge on any atom is 0.267 e. The summed E-state index contributed by atoms with van der Waals surface area (Å²) in [6.45, 7) is 10.4. The zero-order chi connectivity index (χ0) is 49.4. The van der Waals surface area contributed by atoms with Crippen LogP contribution in [0.3, 0.4) is 0 Å². The molecule has 5 aliphatic rings. The maximum absolute atomic E-state index is 14.6. The van der Waals surface area contributed by atoms with Crippen LogP contribution >= 0.6 is 11.6 Å². The highest BCUT2D eigenvalue weighted by molar-refractivity contribution is 7.90. The molecule has 1 amide bonds. The molecule has 2 aromatic heterocycles. The van der Waals surface area contributed by atoms with Crippen LogP contribution in [0.4, 0.5) is 28.4 Å². The number of carbonyl (C=O) groups excluding carboxylic acids is 1. The summed E-state index contributed by atoms with van der Waals surface area (Å²) in [5, 5.41) is 26.8. The number of fused-ring (bicyclic) bond motifs is 4. The first-order valence-corrected chi connectivity index (χ1v) is 26.4. The number of hydrogen-bond donors (Lipinski definition) is 4. The van der Waals surface area contributed by atoms with Gasteiger partial charge in [-0.05, 0) is 127 Å². The molecule has 3 aromatic carbocycles. The van der Waals surface area contributed by atoms with E-state index in [1.165, 1.54) is 28.8 Å². The third kappa shape index (κ3) is 10.7. The Balaban J connectivity index is 0.964. The number of anilines is 5. The van der Waals surface area contributed by atoms with Gasteiger partial charge in [-0.1, -0.05) is 37.6 Å². The van der Waals surface area contributed by atoms with Crippen LogP contribution in [0.15, 0.2) is 89.5 Å². The lowest BCUT2D eigenvalue weighted by atomic mass is 9.71. The van der Waals surface area contributed by atoms with Gasteiger partial charge in [-0.3, -0.25) is 14.9 Å². The number of allylic oxidation sites excluding steroid dienone is 1. The van der Waals surface area contributed by atoms with Crippen molar-refractivity contribution in [1.29, 1.82) is 0 Å². The summed E-state index contributed by atoms with van der Waals surface area (Å²) >= 11 is 6.38. The zero-order valence-electron chi connectivity index (χ0n) is 40.4. The second-order valence-corrected chi connectivity index (χ2v) is 22.3. The Morgan fingerprint density at radius 3 is 2.65 bits per heavy atom. The fourth-order valence-corrected chi connectivity index (χ4v) is 11.9. The summed E-state index contributed by atoms with van der Waals surface area (Å²) in [6.07, 6.45) is 6.85. The molecule has 1 unspecified atom stereocenters. The standard InChI is InChI=1S/C52H62ClN8O9S/c1-52(2)27-42(34-6-8-36(53)9-7-34)43-31-59-18-17-58(30-38(59)32-68-19-5-21-69-48(43)28-52)37-10-12-41(45(25-37)60-16-4-20-70-51-47(60)24-35-14-15-54-49(35)56-51)50(62)57-71(65,66)40-11-13-44(46(26-40)61(63)64)55-29-33-22-39(23-33)67-3/h6-15,24-26,33,38-39,48,55,63H,4-5,16-23,27-32H2,1-3H3,(H,54,56)(H,57,62)/q-1/t33?,38?,39?,48-/m1/s1. The Labute approximate surface area is 419 Å². The third-order valence-electron chi connectivity index (χ3n) is 14.6. The second-order valence-electron chi connectivity index (χ2n) is 20.2. The van der Waals surface area contributed by atoms with Gasteiger partial charge in [0, 0.05) is 81.9 Å². The number of carbonyl (C=O) groups is 1. The molecule has 3 fully saturated rings. The minimum atomic E-state index is -4.58. The molecule has 10 rings (SSSR count). The molecule has 71 heavy (non-hydrogen) atoms. The fraction of sp³-hybridized carbons (Fsp3) is 0.462. The lowest BCUT2D eigenvalue weighted by molar-refractivity contribution is 0.00563. The van der Waals surface area contributed by atoms with Crippen molar-refractivity contribution in [1.82, 2.24) is 19.6 Å². The highest BCUT2D eigenvalue weighted by Gasteiger charge is 2.39. The van der Waals surface area contributed by atoms with Gasteiger partial charge in [-0.2, -0.15) is 4.98 Å². The molecular weight excluding hydrogens is 948 g/mol. The summed E-state index contributed by atoms with van der Waals surface area (Å²) in [7, 11) is -2.91. The van der Waals surface area contributed by atoms with Crippen molar-refractivity contribution in [2.24, 2.45) is 11.3 Å². The molecule has 17 nitrogen and oxygen atoms in total. The number of sulfonamides is 1. The molecule has 3 aliphatic heterocycles. The number of amides is 1. The third-order valence-corrected chi connectivity index (χ3v) is 16.2. The van der Waals surface area contributed by atoms with Crippen molar-refractivity contribution in [3.8, 4) is 5.88 Å². The fourth-order valence-electron chi connectivity index (χ4n) is 10.8. The first kappa shape index (κ1) is 49.2. The number of methoxy groups -OCH3 is 1. The van der Waals surface area contributed by atoms with Gasteiger partial charge >= 0.3 is 0 Å². The first-order valence-electron chi connectivity index (χ1n) is 24.5. The molecule has 0 spiro atoms. The van der Waals surface area contributed by atoms with E-state index < -0.39 is 15.9 Å². The molecule has 1 saturated carbocycles. The second kappa shape index (κ2) is 20.6. The normalized spacial score (nSPS) is 23.0. The zero-order valence-corrected chi connectivity index (χ0v) is 41.9. The number of aromatic amines is 1. The molecule has 0 bridgehead atoms. The SMILES string of the molecule is COC1CC(CNc2ccc(S(=O)(=O)NC(=O)c3ccc(N4CCN5CC6=C(c7ccc(Cl)cc7)CC(C)(C)C[C@H]6OCCCOCC5C4)cc3N3CCCOc4nc5[nH]ccc5cc43)cc2N([O-])O)C1. The molecule has 19 heteroatoms. The summed E-state index contributed by atoms with van der Waals surface area (Å²) in [6, 6.07) is 21.3. The number of ether oxygens (including phenoxy) is 4. The predicted molar refractivity (Wildman–Crippen MR) is 275 cm³/mol. The smallest absolute Gasteiger partial charge is 0.267 e. The van der Waals surface area contributed by atoms with Crippen LogP contribution in [-0.2, 0) is 24.2 Å². The number of H-pyrrole nitrogens is 1. The Bertz CT molecular complexity index is 2890. The van der Waals surface area contributed by atoms with E-state index >= 15 is 0 Å². The number of nitrogens with zero attached hydrogens (tertiary/aromatic N) is 5. The number of rotatable bonds is 11. The van der Waals surface area contributed by atoms with Crippen LogP contribution < -0.4 is 29.8 Å². The lowest BCUT2D eigenvalue weighted by Gasteiger charge is -2.45. The number of pyridine rings is 1. The largest absolute Gasteiger partial charge is 0.733 e. The number of benzene rings is 3. The monoisotopic (exact) mass is 1010 g/mol. The van der Waals surface area contributed by atoms with E-state index in [0.29, 0.717) is 92.9 Å². The van der Waals surface area contributed by atoms with E-state index in [1.807, 2.05) is 41.3 Å². The summed E-state index contributed by atoms with van der Waals surface area (Å²) in [5.74, 6) is -0.201. The van der Waals surface area contributed by atoms with Gasteiger partial charge in [0.05, 0.1) is 59.0 Å². The van der Waals surface area contributed by atoms with E-state index in [9.17, 15) is 23.6 Å². The van der Waals surface area contributed by atoms with Crippen LogP contribution in [0.1, 0.15) is 68.3 Å². The van der Waals surface area contributed by atoms with Crippen molar-refractivity contribution >= 4 is 72.6 Å². The van der Waals surface area contributed by atoms with Gasteiger partial charge < -0.3 is 49.5 Å². The van der Waals surface area contributed by atoms with E-state index in [4.69, 9.17) is 35.5 Å². The molecule has 4 N–H and O–H groups in total. The number of halogens is 1. The Morgan fingerprint density at radius 2 is 1.85 bits per heavy atom. The van der Waals surface area contributed by atoms with E-state index in [-0.39, 0.29) is 50.7 Å². The first-order chi connectivity index (χ1) is 34.2. The average molecular weight is 1010 g/mol. The molecule has 5 heterocycles. The quantitative estimate of drug-likeness (QED) is 0.0921. The molecule has 2 aliphatic carbocycles. The number of aromatic nitrogens is 2. The van der Waals surface area contributed by atoms with Crippen molar-refractivity contribution in [2.45, 2.75) is 75.5 Å². The predicted octanol–water partition coefficient (Wildman–Crippen LogP) is 8.36. The Kier molecular flexibility index (Phi) is 14.3. The van der Waals surface area contributed by atoms with E-state index in [2.05, 4.69) is 50.8 Å². The van der Waals surface area contributed by atoms with E-state index in [1.54, 1.807) is 19.4 Å². The van der Waals surface area contributed by atoms with Gasteiger partial charge in [0.15, 0.2) is 0 Å². The number of nitrogens with one attached hydrogen (secondary N) is 3. The Morgan fingerprint density at radius 1 is 1.01 bits per heavy atom. The van der Waals surface area contributed by atoms with Crippen LogP contribution in [-0.4, -0.2) is 125 Å². The van der Waals surface area contributed by atoms with Crippen LogP contribution in [0.2, 0.25) is 5.02 Å². The number of piperazine rings is 1. The molecule has 2 atom stereocenters. The molecule has 5 aromatic rings. The highest BCUT2D eigenvalue weighted by Crippen LogP contribution is 2.46. The summed E-state index contributed by atoms with van der Waals surface area (Å²) in [4.78, 5) is 29.0. The van der Waals surface area contributed by atoms with Crippen molar-refractivity contribution < 1.29 is 37.4 Å². The molecule has 2 saturated heterocycles. The number of hydrogen-bond acceptors (Lipinski definition) is 15. The maximum atomic E-state index is 14.6. The molecule has 0 radical (unpaired) electrons. The summed E-state index contributed by atoms with van der Waals surface area (Å²) in [5.41, 5.74) is 6.49. The average Bonchev–Trinajstić information content (AvgIpc) is 3.68. The lowest BCUT2D eigenvalue weighted by Crippen LogP contribution is -2.56.